The number of hydrogen-bond donors (Lipinski definition) is 1. The number of carbonyl (C=O) groups is 1. The minimum absolute atomic E-state index is 0.0496. The largest absolute Gasteiger partial charge is 0.416 e. The van der Waals surface area contributed by atoms with Crippen molar-refractivity contribution in [3.05, 3.63) is 33.8 Å². The summed E-state index contributed by atoms with van der Waals surface area (Å²) in [5.74, 6) is -0.114. The van der Waals surface area contributed by atoms with Crippen molar-refractivity contribution in [3.63, 3.8) is 0 Å². The lowest BCUT2D eigenvalue weighted by Crippen LogP contribution is -2.35. The lowest BCUT2D eigenvalue weighted by molar-refractivity contribution is -0.137. The van der Waals surface area contributed by atoms with E-state index in [1.807, 2.05) is 0 Å². The molecule has 0 saturated carbocycles. The zero-order valence-electron chi connectivity index (χ0n) is 11.2. The number of benzene rings is 1. The number of rotatable bonds is 4. The maximum Gasteiger partial charge on any atom is 0.416 e. The number of nitrogens with one attached hydrogen (secondary N) is 1. The van der Waals surface area contributed by atoms with Crippen LogP contribution in [0.15, 0.2) is 22.7 Å². The molecule has 0 bridgehead atoms. The number of aryl methyl sites for hydroxylation is 1. The molecule has 1 atom stereocenters. The molecule has 0 aromatic heterocycles. The van der Waals surface area contributed by atoms with E-state index >= 15 is 0 Å². The summed E-state index contributed by atoms with van der Waals surface area (Å²) in [6, 6.07) is 3.52. The van der Waals surface area contributed by atoms with Crippen molar-refractivity contribution in [1.29, 1.82) is 0 Å². The Labute approximate surface area is 129 Å². The summed E-state index contributed by atoms with van der Waals surface area (Å²) in [6.45, 7) is 1.17. The van der Waals surface area contributed by atoms with E-state index in [1.54, 1.807) is 0 Å². The van der Waals surface area contributed by atoms with Crippen molar-refractivity contribution < 1.29 is 22.7 Å². The molecule has 1 fully saturated rings. The van der Waals surface area contributed by atoms with Gasteiger partial charge in [-0.3, -0.25) is 4.79 Å². The number of alkyl halides is 3. The number of carbonyl (C=O) groups excluding carboxylic acids is 1. The van der Waals surface area contributed by atoms with E-state index in [-0.39, 0.29) is 18.4 Å². The first-order valence-corrected chi connectivity index (χ1v) is 7.38. The predicted octanol–water partition coefficient (Wildman–Crippen LogP) is 3.31. The normalized spacial score (nSPS) is 18.8. The van der Waals surface area contributed by atoms with E-state index < -0.39 is 11.7 Å². The number of ether oxygens (including phenoxy) is 1. The highest BCUT2D eigenvalue weighted by Crippen LogP contribution is 2.32. The molecule has 7 heteroatoms. The van der Waals surface area contributed by atoms with Crippen molar-refractivity contribution in [3.8, 4) is 0 Å². The number of halogens is 4. The first-order chi connectivity index (χ1) is 9.86. The van der Waals surface area contributed by atoms with Gasteiger partial charge in [0.15, 0.2) is 0 Å². The van der Waals surface area contributed by atoms with Crippen LogP contribution < -0.4 is 5.32 Å². The van der Waals surface area contributed by atoms with E-state index in [4.69, 9.17) is 4.74 Å². The minimum atomic E-state index is -4.36. The first kappa shape index (κ1) is 16.3. The van der Waals surface area contributed by atoms with E-state index in [1.165, 1.54) is 6.07 Å². The lowest BCUT2D eigenvalue weighted by Gasteiger charge is -2.12. The molecule has 1 aliphatic rings. The van der Waals surface area contributed by atoms with Gasteiger partial charge in [-0.2, -0.15) is 13.2 Å². The average molecular weight is 366 g/mol. The fourth-order valence-electron chi connectivity index (χ4n) is 2.12. The molecule has 0 radical (unpaired) electrons. The molecular weight excluding hydrogens is 351 g/mol. The standard InChI is InChI=1S/C14H15BrF3NO2/c15-12-7-10(14(16,17)18)3-1-9(12)2-4-13(20)19-11-5-6-21-8-11/h1,3,7,11H,2,4-6,8H2,(H,19,20). The molecular formula is C14H15BrF3NO2. The molecule has 1 heterocycles. The molecule has 0 aliphatic carbocycles. The van der Waals surface area contributed by atoms with Crippen molar-refractivity contribution in [1.82, 2.24) is 5.32 Å². The molecule has 1 N–H and O–H groups in total. The molecule has 1 unspecified atom stereocenters. The fourth-order valence-corrected chi connectivity index (χ4v) is 2.70. The van der Waals surface area contributed by atoms with Gasteiger partial charge in [0.1, 0.15) is 0 Å². The summed E-state index contributed by atoms with van der Waals surface area (Å²) in [4.78, 5) is 11.7. The van der Waals surface area contributed by atoms with Crippen molar-refractivity contribution in [2.45, 2.75) is 31.5 Å². The lowest BCUT2D eigenvalue weighted by atomic mass is 10.1. The quantitative estimate of drug-likeness (QED) is 0.888. The highest BCUT2D eigenvalue weighted by molar-refractivity contribution is 9.10. The third-order valence-electron chi connectivity index (χ3n) is 3.30. The van der Waals surface area contributed by atoms with Crippen molar-refractivity contribution in [2.24, 2.45) is 0 Å². The zero-order chi connectivity index (χ0) is 15.5. The minimum Gasteiger partial charge on any atom is -0.379 e. The highest BCUT2D eigenvalue weighted by Gasteiger charge is 2.30. The van der Waals surface area contributed by atoms with E-state index in [0.717, 1.165) is 18.6 Å². The second-order valence-corrected chi connectivity index (χ2v) is 5.79. The van der Waals surface area contributed by atoms with Crippen LogP contribution in [0.5, 0.6) is 0 Å². The summed E-state index contributed by atoms with van der Waals surface area (Å²) < 4.78 is 43.2. The van der Waals surface area contributed by atoms with Crippen LogP contribution in [0.4, 0.5) is 13.2 Å². The topological polar surface area (TPSA) is 38.3 Å². The predicted molar refractivity (Wildman–Crippen MR) is 74.8 cm³/mol. The van der Waals surface area contributed by atoms with Gasteiger partial charge in [0, 0.05) is 17.5 Å². The van der Waals surface area contributed by atoms with Gasteiger partial charge >= 0.3 is 6.18 Å². The molecule has 1 aliphatic heterocycles. The third-order valence-corrected chi connectivity index (χ3v) is 4.03. The van der Waals surface area contributed by atoms with E-state index in [2.05, 4.69) is 21.2 Å². The van der Waals surface area contributed by atoms with Gasteiger partial charge in [0.25, 0.3) is 0 Å². The second kappa shape index (κ2) is 6.79. The van der Waals surface area contributed by atoms with E-state index in [9.17, 15) is 18.0 Å². The number of hydrogen-bond acceptors (Lipinski definition) is 2. The third kappa shape index (κ3) is 4.71. The molecule has 0 spiro atoms. The maximum absolute atomic E-state index is 12.5. The Morgan fingerprint density at radius 3 is 2.76 bits per heavy atom. The van der Waals surface area contributed by atoms with Gasteiger partial charge in [0.05, 0.1) is 18.2 Å². The monoisotopic (exact) mass is 365 g/mol. The second-order valence-electron chi connectivity index (χ2n) is 4.93. The van der Waals surface area contributed by atoms with Gasteiger partial charge in [-0.05, 0) is 30.5 Å². The molecule has 3 nitrogen and oxygen atoms in total. The Morgan fingerprint density at radius 2 is 2.19 bits per heavy atom. The summed E-state index contributed by atoms with van der Waals surface area (Å²) in [7, 11) is 0. The Balaban J connectivity index is 1.89. The van der Waals surface area contributed by atoms with Crippen LogP contribution in [-0.2, 0) is 22.1 Å². The molecule has 116 valence electrons. The van der Waals surface area contributed by atoms with Crippen LogP contribution in [0.1, 0.15) is 24.0 Å². The molecule has 21 heavy (non-hydrogen) atoms. The van der Waals surface area contributed by atoms with Crippen LogP contribution >= 0.6 is 15.9 Å². The SMILES string of the molecule is O=C(CCc1ccc(C(F)(F)F)cc1Br)NC1CCOC1. The molecule has 2 rings (SSSR count). The first-order valence-electron chi connectivity index (χ1n) is 6.59. The summed E-state index contributed by atoms with van der Waals surface area (Å²) >= 11 is 3.13. The zero-order valence-corrected chi connectivity index (χ0v) is 12.8. The Hall–Kier alpha value is -1.08. The number of amides is 1. The van der Waals surface area contributed by atoms with Gasteiger partial charge in [-0.1, -0.05) is 22.0 Å². The molecule has 1 saturated heterocycles. The summed E-state index contributed by atoms with van der Waals surface area (Å²) in [6.07, 6.45) is -2.94. The van der Waals surface area contributed by atoms with E-state index in [0.29, 0.717) is 29.7 Å². The van der Waals surface area contributed by atoms with Crippen LogP contribution in [0.2, 0.25) is 0 Å². The Morgan fingerprint density at radius 1 is 1.43 bits per heavy atom. The van der Waals surface area contributed by atoms with Crippen molar-refractivity contribution >= 4 is 21.8 Å². The van der Waals surface area contributed by atoms with Gasteiger partial charge in [-0.25, -0.2) is 0 Å². The average Bonchev–Trinajstić information content (AvgIpc) is 2.89. The fraction of sp³-hybridized carbons (Fsp3) is 0.500. The van der Waals surface area contributed by atoms with Crippen LogP contribution in [-0.4, -0.2) is 25.2 Å². The van der Waals surface area contributed by atoms with Crippen LogP contribution in [0.3, 0.4) is 0 Å². The molecule has 1 aromatic rings. The molecule has 1 amide bonds. The van der Waals surface area contributed by atoms with Gasteiger partial charge in [0.2, 0.25) is 5.91 Å². The van der Waals surface area contributed by atoms with Gasteiger partial charge < -0.3 is 10.1 Å². The maximum atomic E-state index is 12.5. The Bertz CT molecular complexity index is 513. The Kier molecular flexibility index (Phi) is 5.27. The smallest absolute Gasteiger partial charge is 0.379 e. The van der Waals surface area contributed by atoms with Crippen molar-refractivity contribution in [2.75, 3.05) is 13.2 Å². The summed E-state index contributed by atoms with van der Waals surface area (Å²) in [5, 5.41) is 2.84. The van der Waals surface area contributed by atoms with Gasteiger partial charge in [-0.15, -0.1) is 0 Å². The molecule has 1 aromatic carbocycles. The summed E-state index contributed by atoms with van der Waals surface area (Å²) in [5.41, 5.74) is -0.0218. The van der Waals surface area contributed by atoms with Crippen LogP contribution in [0.25, 0.3) is 0 Å². The highest BCUT2D eigenvalue weighted by atomic mass is 79.9. The van der Waals surface area contributed by atoms with Crippen LogP contribution in [0, 0.1) is 0 Å².